The third-order valence-corrected chi connectivity index (χ3v) is 1.82. The largest absolute Gasteiger partial charge is 0.479 e. The van der Waals surface area contributed by atoms with E-state index >= 15 is 0 Å². The fourth-order valence-electron chi connectivity index (χ4n) is 0.885. The van der Waals surface area contributed by atoms with E-state index in [0.29, 0.717) is 0 Å². The number of amides is 1. The highest BCUT2D eigenvalue weighted by Crippen LogP contribution is 2.00. The molecule has 0 rings (SSSR count). The van der Waals surface area contributed by atoms with E-state index in [1.54, 1.807) is 24.3 Å². The summed E-state index contributed by atoms with van der Waals surface area (Å²) in [6.07, 6.45) is 7.90. The number of hydrogen-bond donors (Lipinski definition) is 1. The van der Waals surface area contributed by atoms with Crippen LogP contribution in [0.2, 0.25) is 0 Å². The Morgan fingerprint density at radius 2 is 1.93 bits per heavy atom. The van der Waals surface area contributed by atoms with Gasteiger partial charge in [-0.05, 0) is 0 Å². The van der Waals surface area contributed by atoms with Gasteiger partial charge in [-0.1, -0.05) is 37.0 Å². The molecule has 1 amide bonds. The summed E-state index contributed by atoms with van der Waals surface area (Å²) in [5, 5.41) is 8.86. The lowest BCUT2D eigenvalue weighted by Crippen LogP contribution is -2.39. The summed E-state index contributed by atoms with van der Waals surface area (Å²) in [6, 6.07) is -0.933. The molecule has 0 radical (unpaired) electrons. The summed E-state index contributed by atoms with van der Waals surface area (Å²) in [7, 11) is 1.45. The first kappa shape index (κ1) is 13.2. The average Bonchev–Trinajstić information content (AvgIpc) is 2.16. The van der Waals surface area contributed by atoms with E-state index in [4.69, 9.17) is 5.11 Å². The molecule has 0 fully saturated rings. The van der Waals surface area contributed by atoms with Crippen molar-refractivity contribution in [2.75, 3.05) is 7.05 Å². The van der Waals surface area contributed by atoms with Gasteiger partial charge in [-0.25, -0.2) is 4.79 Å². The van der Waals surface area contributed by atoms with E-state index in [-0.39, 0.29) is 5.91 Å². The first-order valence-electron chi connectivity index (χ1n) is 4.42. The highest BCUT2D eigenvalue weighted by Gasteiger charge is 2.20. The molecule has 0 aliphatic heterocycles. The number of carbonyl (C=O) groups is 2. The molecule has 0 aromatic heterocycles. The Morgan fingerprint density at radius 1 is 1.33 bits per heavy atom. The Balaban J connectivity index is 4.61. The van der Waals surface area contributed by atoms with Gasteiger partial charge in [0.2, 0.25) is 5.91 Å². The molecule has 0 aromatic rings. The number of nitrogens with zero attached hydrogens (tertiary/aromatic N) is 1. The van der Waals surface area contributed by atoms with Crippen molar-refractivity contribution < 1.29 is 14.7 Å². The van der Waals surface area contributed by atoms with Crippen LogP contribution in [0.15, 0.2) is 37.0 Å². The molecule has 4 nitrogen and oxygen atoms in total. The molecule has 0 bridgehead atoms. The minimum absolute atomic E-state index is 0.292. The molecule has 0 aromatic carbocycles. The number of likely N-dealkylation sites (N-methyl/N-ethyl adjacent to an activating group) is 1. The molecule has 1 N–H and O–H groups in total. The Morgan fingerprint density at radius 3 is 2.33 bits per heavy atom. The highest BCUT2D eigenvalue weighted by molar-refractivity contribution is 5.83. The quantitative estimate of drug-likeness (QED) is 0.692. The molecule has 82 valence electrons. The third-order valence-electron chi connectivity index (χ3n) is 1.82. The second-order valence-electron chi connectivity index (χ2n) is 2.92. The molecule has 0 heterocycles. The number of carboxylic acids is 1. The van der Waals surface area contributed by atoms with Crippen LogP contribution < -0.4 is 0 Å². The van der Waals surface area contributed by atoms with Gasteiger partial charge in [-0.2, -0.15) is 0 Å². The van der Waals surface area contributed by atoms with Crippen LogP contribution in [0, 0.1) is 0 Å². The van der Waals surface area contributed by atoms with E-state index in [1.165, 1.54) is 20.0 Å². The number of aliphatic carboxylic acids is 1. The summed E-state index contributed by atoms with van der Waals surface area (Å²) in [4.78, 5) is 22.9. The van der Waals surface area contributed by atoms with Crippen LogP contribution in [0.5, 0.6) is 0 Å². The van der Waals surface area contributed by atoms with Gasteiger partial charge in [0.05, 0.1) is 0 Å². The molecule has 15 heavy (non-hydrogen) atoms. The number of carboxylic acid groups (broad SMARTS) is 1. The molecule has 0 saturated carbocycles. The predicted octanol–water partition coefficient (Wildman–Crippen LogP) is 1.22. The van der Waals surface area contributed by atoms with Crippen LogP contribution in [0.25, 0.3) is 0 Å². The van der Waals surface area contributed by atoms with Crippen molar-refractivity contribution in [3.8, 4) is 0 Å². The molecular weight excluding hydrogens is 194 g/mol. The van der Waals surface area contributed by atoms with E-state index in [9.17, 15) is 9.59 Å². The summed E-state index contributed by atoms with van der Waals surface area (Å²) in [5.41, 5.74) is 0. The van der Waals surface area contributed by atoms with Crippen molar-refractivity contribution in [3.05, 3.63) is 37.0 Å². The van der Waals surface area contributed by atoms with Crippen LogP contribution in [0.3, 0.4) is 0 Å². The van der Waals surface area contributed by atoms with Gasteiger partial charge in [0.15, 0.2) is 0 Å². The second-order valence-corrected chi connectivity index (χ2v) is 2.92. The normalized spacial score (nSPS) is 12.9. The van der Waals surface area contributed by atoms with Crippen LogP contribution in [-0.2, 0) is 9.59 Å². The zero-order valence-corrected chi connectivity index (χ0v) is 8.88. The van der Waals surface area contributed by atoms with Crippen LogP contribution in [0.1, 0.15) is 6.92 Å². The van der Waals surface area contributed by atoms with Crippen molar-refractivity contribution in [1.82, 2.24) is 4.90 Å². The average molecular weight is 209 g/mol. The summed E-state index contributed by atoms with van der Waals surface area (Å²) in [5.74, 6) is -1.35. The van der Waals surface area contributed by atoms with E-state index in [2.05, 4.69) is 6.58 Å². The maximum absolute atomic E-state index is 11.0. The van der Waals surface area contributed by atoms with Gasteiger partial charge in [0.25, 0.3) is 0 Å². The molecule has 1 atom stereocenters. The zero-order chi connectivity index (χ0) is 11.8. The second kappa shape index (κ2) is 6.59. The highest BCUT2D eigenvalue weighted by atomic mass is 16.4. The van der Waals surface area contributed by atoms with Crippen molar-refractivity contribution in [2.45, 2.75) is 13.0 Å². The smallest absolute Gasteiger partial charge is 0.330 e. The lowest BCUT2D eigenvalue weighted by molar-refractivity contribution is -0.146. The van der Waals surface area contributed by atoms with E-state index in [0.717, 1.165) is 4.90 Å². The monoisotopic (exact) mass is 209 g/mol. The first-order chi connectivity index (χ1) is 7.00. The molecule has 0 aliphatic rings. The molecule has 0 spiro atoms. The molecule has 4 heteroatoms. The zero-order valence-electron chi connectivity index (χ0n) is 8.88. The third kappa shape index (κ3) is 4.81. The van der Waals surface area contributed by atoms with Crippen molar-refractivity contribution in [2.24, 2.45) is 0 Å². The minimum atomic E-state index is -1.06. The minimum Gasteiger partial charge on any atom is -0.479 e. The van der Waals surface area contributed by atoms with E-state index in [1.807, 2.05) is 0 Å². The Kier molecular flexibility index (Phi) is 5.78. The number of allylic oxidation sites excluding steroid dienone is 4. The van der Waals surface area contributed by atoms with Gasteiger partial charge in [-0.15, -0.1) is 0 Å². The molecule has 0 aliphatic carbocycles. The van der Waals surface area contributed by atoms with Crippen molar-refractivity contribution >= 4 is 11.9 Å². The Hall–Kier alpha value is -1.84. The predicted molar refractivity (Wildman–Crippen MR) is 58.3 cm³/mol. The SMILES string of the molecule is C=C/C=C\C=C\C(C(=O)O)N(C)C(C)=O. The Labute approximate surface area is 89.2 Å². The number of carbonyl (C=O) groups excluding carboxylic acids is 1. The Bertz CT molecular complexity index is 305. The van der Waals surface area contributed by atoms with Gasteiger partial charge in [0.1, 0.15) is 6.04 Å². The molecule has 1 unspecified atom stereocenters. The number of hydrogen-bond acceptors (Lipinski definition) is 2. The van der Waals surface area contributed by atoms with Gasteiger partial charge in [0, 0.05) is 14.0 Å². The fraction of sp³-hybridized carbons (Fsp3) is 0.273. The van der Waals surface area contributed by atoms with Crippen molar-refractivity contribution in [1.29, 1.82) is 0 Å². The maximum Gasteiger partial charge on any atom is 0.330 e. The van der Waals surface area contributed by atoms with Gasteiger partial charge in [-0.3, -0.25) is 4.79 Å². The standard InChI is InChI=1S/C11H15NO3/c1-4-5-6-7-8-10(11(14)15)12(3)9(2)13/h4-8,10H,1H2,2-3H3,(H,14,15)/b6-5-,8-7+. The van der Waals surface area contributed by atoms with E-state index < -0.39 is 12.0 Å². The lowest BCUT2D eigenvalue weighted by atomic mass is 10.2. The van der Waals surface area contributed by atoms with Crippen LogP contribution >= 0.6 is 0 Å². The molecular formula is C11H15NO3. The topological polar surface area (TPSA) is 57.6 Å². The fourth-order valence-corrected chi connectivity index (χ4v) is 0.885. The summed E-state index contributed by atoms with van der Waals surface area (Å²) in [6.45, 7) is 4.80. The van der Waals surface area contributed by atoms with Gasteiger partial charge >= 0.3 is 5.97 Å². The number of rotatable bonds is 5. The van der Waals surface area contributed by atoms with Crippen molar-refractivity contribution in [3.63, 3.8) is 0 Å². The maximum atomic E-state index is 11.0. The van der Waals surface area contributed by atoms with Crippen LogP contribution in [-0.4, -0.2) is 35.0 Å². The first-order valence-corrected chi connectivity index (χ1v) is 4.42. The lowest BCUT2D eigenvalue weighted by Gasteiger charge is -2.20. The van der Waals surface area contributed by atoms with Gasteiger partial charge < -0.3 is 10.0 Å². The van der Waals surface area contributed by atoms with Crippen LogP contribution in [0.4, 0.5) is 0 Å². The summed E-state index contributed by atoms with van der Waals surface area (Å²) < 4.78 is 0. The summed E-state index contributed by atoms with van der Waals surface area (Å²) >= 11 is 0. The molecule has 0 saturated heterocycles.